The van der Waals surface area contributed by atoms with Crippen molar-refractivity contribution in [3.63, 3.8) is 0 Å². The number of benzene rings is 2. The first-order valence-corrected chi connectivity index (χ1v) is 9.25. The normalized spacial score (nSPS) is 11.8. The van der Waals surface area contributed by atoms with Crippen molar-refractivity contribution in [1.82, 2.24) is 9.71 Å². The van der Waals surface area contributed by atoms with Gasteiger partial charge in [0.15, 0.2) is 0 Å². The summed E-state index contributed by atoms with van der Waals surface area (Å²) in [7, 11) is -3.42. The van der Waals surface area contributed by atoms with Crippen molar-refractivity contribution >= 4 is 20.9 Å². The number of hydrogen-bond acceptors (Lipinski definition) is 2. The Bertz CT molecular complexity index is 1020. The van der Waals surface area contributed by atoms with Gasteiger partial charge in [-0.1, -0.05) is 36.9 Å². The molecule has 24 heavy (non-hydrogen) atoms. The second-order valence-electron chi connectivity index (χ2n) is 5.84. The Morgan fingerprint density at radius 1 is 1.17 bits per heavy atom. The summed E-state index contributed by atoms with van der Waals surface area (Å²) in [4.78, 5) is 3.40. The number of fused-ring (bicyclic) bond motifs is 1. The Hall–Kier alpha value is -2.37. The lowest BCUT2D eigenvalue weighted by Gasteiger charge is -2.08. The smallest absolute Gasteiger partial charge is 0.233 e. The van der Waals surface area contributed by atoms with E-state index < -0.39 is 10.0 Å². The Kier molecular flexibility index (Phi) is 4.30. The first-order chi connectivity index (χ1) is 11.4. The Labute approximate surface area is 142 Å². The molecule has 2 N–H and O–H groups in total. The molecule has 0 spiro atoms. The van der Waals surface area contributed by atoms with Crippen molar-refractivity contribution in [3.05, 3.63) is 71.3 Å². The van der Waals surface area contributed by atoms with Crippen LogP contribution in [0.5, 0.6) is 0 Å². The SMILES string of the molecule is C=CS(=O)(=O)NCc1cccc(-c2cccc3[nH]c(C)c(C)c23)c1. The van der Waals surface area contributed by atoms with Crippen LogP contribution in [-0.2, 0) is 16.6 Å². The van der Waals surface area contributed by atoms with Crippen LogP contribution in [0.25, 0.3) is 22.0 Å². The molecule has 0 aliphatic rings. The number of rotatable bonds is 5. The van der Waals surface area contributed by atoms with Crippen LogP contribution in [0.4, 0.5) is 0 Å². The molecule has 0 radical (unpaired) electrons. The van der Waals surface area contributed by atoms with Crippen LogP contribution < -0.4 is 4.72 Å². The maximum Gasteiger partial charge on any atom is 0.233 e. The minimum absolute atomic E-state index is 0.239. The molecular weight excluding hydrogens is 320 g/mol. The van der Waals surface area contributed by atoms with Gasteiger partial charge in [-0.2, -0.15) is 0 Å². The van der Waals surface area contributed by atoms with E-state index in [1.54, 1.807) is 0 Å². The van der Waals surface area contributed by atoms with E-state index in [4.69, 9.17) is 0 Å². The van der Waals surface area contributed by atoms with Crippen LogP contribution in [0.3, 0.4) is 0 Å². The van der Waals surface area contributed by atoms with Gasteiger partial charge in [-0.05, 0) is 48.2 Å². The highest BCUT2D eigenvalue weighted by atomic mass is 32.2. The van der Waals surface area contributed by atoms with Crippen molar-refractivity contribution in [3.8, 4) is 11.1 Å². The molecule has 0 amide bonds. The molecule has 0 aliphatic heterocycles. The zero-order chi connectivity index (χ0) is 17.3. The zero-order valence-electron chi connectivity index (χ0n) is 13.8. The van der Waals surface area contributed by atoms with E-state index in [-0.39, 0.29) is 6.54 Å². The quantitative estimate of drug-likeness (QED) is 0.737. The summed E-state index contributed by atoms with van der Waals surface area (Å²) < 4.78 is 25.5. The molecule has 0 saturated heterocycles. The molecule has 1 heterocycles. The van der Waals surface area contributed by atoms with Gasteiger partial charge in [0.1, 0.15) is 0 Å². The molecule has 0 atom stereocenters. The van der Waals surface area contributed by atoms with Gasteiger partial charge in [0.05, 0.1) is 0 Å². The molecular formula is C19H20N2O2S. The molecule has 124 valence electrons. The van der Waals surface area contributed by atoms with Gasteiger partial charge in [-0.3, -0.25) is 0 Å². The van der Waals surface area contributed by atoms with Gasteiger partial charge in [0, 0.05) is 28.5 Å². The minimum Gasteiger partial charge on any atom is -0.358 e. The van der Waals surface area contributed by atoms with E-state index in [2.05, 4.69) is 42.3 Å². The fourth-order valence-corrected chi connectivity index (χ4v) is 3.36. The highest BCUT2D eigenvalue weighted by Crippen LogP contribution is 2.32. The summed E-state index contributed by atoms with van der Waals surface area (Å²) in [5, 5.41) is 2.13. The molecule has 0 bridgehead atoms. The standard InChI is InChI=1S/C19H20N2O2S/c1-4-24(22,23)20-12-15-7-5-8-16(11-15)17-9-6-10-18-19(17)13(2)14(3)21-18/h4-11,20-21H,1,12H2,2-3H3. The van der Waals surface area contributed by atoms with E-state index in [0.717, 1.165) is 33.3 Å². The lowest BCUT2D eigenvalue weighted by Crippen LogP contribution is -2.20. The molecule has 1 aromatic heterocycles. The van der Waals surface area contributed by atoms with Gasteiger partial charge in [0.2, 0.25) is 10.0 Å². The van der Waals surface area contributed by atoms with E-state index in [1.165, 1.54) is 10.9 Å². The summed E-state index contributed by atoms with van der Waals surface area (Å²) in [5.74, 6) is 0. The Morgan fingerprint density at radius 2 is 1.92 bits per heavy atom. The zero-order valence-corrected chi connectivity index (χ0v) is 14.6. The fourth-order valence-electron chi connectivity index (χ4n) is 2.88. The van der Waals surface area contributed by atoms with Crippen molar-refractivity contribution < 1.29 is 8.42 Å². The van der Waals surface area contributed by atoms with Crippen LogP contribution in [0.1, 0.15) is 16.8 Å². The third-order valence-electron chi connectivity index (χ3n) is 4.26. The van der Waals surface area contributed by atoms with Gasteiger partial charge in [-0.25, -0.2) is 13.1 Å². The van der Waals surface area contributed by atoms with Crippen LogP contribution >= 0.6 is 0 Å². The average molecular weight is 340 g/mol. The number of H-pyrrole nitrogens is 1. The second-order valence-corrected chi connectivity index (χ2v) is 7.55. The molecule has 0 fully saturated rings. The first kappa shape index (κ1) is 16.5. The van der Waals surface area contributed by atoms with Crippen LogP contribution in [0.15, 0.2) is 54.5 Å². The lowest BCUT2D eigenvalue weighted by molar-refractivity contribution is 0.590. The Morgan fingerprint density at radius 3 is 2.67 bits per heavy atom. The predicted molar refractivity (Wildman–Crippen MR) is 99.2 cm³/mol. The summed E-state index contributed by atoms with van der Waals surface area (Å²) in [6.45, 7) is 7.72. The van der Waals surface area contributed by atoms with Crippen molar-refractivity contribution in [1.29, 1.82) is 0 Å². The monoisotopic (exact) mass is 340 g/mol. The maximum atomic E-state index is 11.5. The highest BCUT2D eigenvalue weighted by molar-refractivity contribution is 7.92. The number of aromatic amines is 1. The number of aryl methyl sites for hydroxylation is 2. The topological polar surface area (TPSA) is 62.0 Å². The van der Waals surface area contributed by atoms with E-state index in [0.29, 0.717) is 0 Å². The first-order valence-electron chi connectivity index (χ1n) is 7.70. The molecule has 0 aliphatic carbocycles. The maximum absolute atomic E-state index is 11.5. The summed E-state index contributed by atoms with van der Waals surface area (Å²) >= 11 is 0. The molecule has 5 heteroatoms. The average Bonchev–Trinajstić information content (AvgIpc) is 2.88. The molecule has 3 aromatic rings. The van der Waals surface area contributed by atoms with Crippen molar-refractivity contribution in [2.24, 2.45) is 0 Å². The lowest BCUT2D eigenvalue weighted by atomic mass is 9.97. The molecule has 3 rings (SSSR count). The second kappa shape index (κ2) is 6.26. The van der Waals surface area contributed by atoms with E-state index in [9.17, 15) is 8.42 Å². The molecule has 2 aromatic carbocycles. The van der Waals surface area contributed by atoms with E-state index >= 15 is 0 Å². The predicted octanol–water partition coefficient (Wildman–Crippen LogP) is 4.01. The minimum atomic E-state index is -3.42. The number of sulfonamides is 1. The third kappa shape index (κ3) is 3.13. The molecule has 4 nitrogen and oxygen atoms in total. The van der Waals surface area contributed by atoms with Crippen LogP contribution in [-0.4, -0.2) is 13.4 Å². The largest absolute Gasteiger partial charge is 0.358 e. The summed E-state index contributed by atoms with van der Waals surface area (Å²) in [6, 6.07) is 14.1. The summed E-state index contributed by atoms with van der Waals surface area (Å²) in [5.41, 5.74) is 6.62. The third-order valence-corrected chi connectivity index (χ3v) is 5.24. The van der Waals surface area contributed by atoms with Gasteiger partial charge in [0.25, 0.3) is 0 Å². The molecule has 0 unspecified atom stereocenters. The Balaban J connectivity index is 2.02. The van der Waals surface area contributed by atoms with Crippen LogP contribution in [0.2, 0.25) is 0 Å². The fraction of sp³-hybridized carbons (Fsp3) is 0.158. The highest BCUT2D eigenvalue weighted by Gasteiger charge is 2.11. The van der Waals surface area contributed by atoms with Crippen molar-refractivity contribution in [2.75, 3.05) is 0 Å². The number of aromatic nitrogens is 1. The molecule has 0 saturated carbocycles. The van der Waals surface area contributed by atoms with Crippen LogP contribution in [0, 0.1) is 13.8 Å². The van der Waals surface area contributed by atoms with Crippen molar-refractivity contribution in [2.45, 2.75) is 20.4 Å². The number of nitrogens with one attached hydrogen (secondary N) is 2. The summed E-state index contributed by atoms with van der Waals surface area (Å²) in [6.07, 6.45) is 0. The van der Waals surface area contributed by atoms with Gasteiger partial charge >= 0.3 is 0 Å². The van der Waals surface area contributed by atoms with E-state index in [1.807, 2.05) is 30.3 Å². The van der Waals surface area contributed by atoms with Gasteiger partial charge < -0.3 is 4.98 Å². The van der Waals surface area contributed by atoms with Gasteiger partial charge in [-0.15, -0.1) is 0 Å². The number of hydrogen-bond donors (Lipinski definition) is 2.